The molecule has 0 aliphatic carbocycles. The van der Waals surface area contributed by atoms with Crippen molar-refractivity contribution in [2.24, 2.45) is 5.92 Å². The van der Waals surface area contributed by atoms with E-state index in [2.05, 4.69) is 24.0 Å². The van der Waals surface area contributed by atoms with Crippen LogP contribution < -0.4 is 0 Å². The molecule has 0 saturated carbocycles. The van der Waals surface area contributed by atoms with E-state index in [9.17, 15) is 9.59 Å². The maximum Gasteiger partial charge on any atom is 0.355 e. The Labute approximate surface area is 122 Å². The normalized spacial score (nSPS) is 16.6. The lowest BCUT2D eigenvalue weighted by atomic mass is 9.96. The lowest BCUT2D eigenvalue weighted by molar-refractivity contribution is 0.0676. The summed E-state index contributed by atoms with van der Waals surface area (Å²) in [5, 5.41) is 10.5. The molecule has 2 heterocycles. The van der Waals surface area contributed by atoms with Crippen molar-refractivity contribution < 1.29 is 14.7 Å². The van der Waals surface area contributed by atoms with Gasteiger partial charge in [-0.15, -0.1) is 11.3 Å². The number of amides is 1. The van der Waals surface area contributed by atoms with Gasteiger partial charge in [-0.3, -0.25) is 4.79 Å². The van der Waals surface area contributed by atoms with Gasteiger partial charge < -0.3 is 14.9 Å². The first-order chi connectivity index (χ1) is 9.47. The van der Waals surface area contributed by atoms with Crippen LogP contribution in [0.4, 0.5) is 0 Å². The standard InChI is InChI=1S/C13H19N3O3S/c1-15(2)7-9-3-5-16(6-4-9)12(17)11-14-10(8-20-11)13(18)19/h8-9H,3-7H2,1-2H3,(H,18,19). The minimum absolute atomic E-state index is 0.0548. The first-order valence-electron chi connectivity index (χ1n) is 6.60. The number of piperidine rings is 1. The van der Waals surface area contributed by atoms with Crippen molar-refractivity contribution in [2.45, 2.75) is 12.8 Å². The second-order valence-corrected chi connectivity index (χ2v) is 6.20. The Hall–Kier alpha value is -1.47. The zero-order chi connectivity index (χ0) is 14.7. The van der Waals surface area contributed by atoms with Gasteiger partial charge in [-0.2, -0.15) is 0 Å². The number of rotatable bonds is 4. The number of aromatic nitrogens is 1. The van der Waals surface area contributed by atoms with Crippen molar-refractivity contribution in [3.8, 4) is 0 Å². The number of carboxylic acid groups (broad SMARTS) is 1. The number of hydrogen-bond acceptors (Lipinski definition) is 5. The second kappa shape index (κ2) is 6.32. The molecule has 1 aliphatic heterocycles. The van der Waals surface area contributed by atoms with Gasteiger partial charge in [0.25, 0.3) is 5.91 Å². The molecule has 2 rings (SSSR count). The van der Waals surface area contributed by atoms with Gasteiger partial charge in [0.15, 0.2) is 10.7 Å². The number of carbonyl (C=O) groups excluding carboxylic acids is 1. The van der Waals surface area contributed by atoms with E-state index < -0.39 is 5.97 Å². The largest absolute Gasteiger partial charge is 0.476 e. The van der Waals surface area contributed by atoms with Gasteiger partial charge >= 0.3 is 5.97 Å². The molecule has 1 aromatic rings. The van der Waals surface area contributed by atoms with Crippen molar-refractivity contribution in [1.82, 2.24) is 14.8 Å². The molecule has 0 radical (unpaired) electrons. The summed E-state index contributed by atoms with van der Waals surface area (Å²) in [5.41, 5.74) is -0.0548. The van der Waals surface area contributed by atoms with Gasteiger partial charge in [-0.1, -0.05) is 0 Å². The molecule has 1 aliphatic rings. The van der Waals surface area contributed by atoms with E-state index >= 15 is 0 Å². The highest BCUT2D eigenvalue weighted by atomic mass is 32.1. The number of aromatic carboxylic acids is 1. The average molecular weight is 297 g/mol. The molecule has 0 spiro atoms. The fraction of sp³-hybridized carbons (Fsp3) is 0.615. The molecule has 0 aromatic carbocycles. The van der Waals surface area contributed by atoms with E-state index in [1.807, 2.05) is 0 Å². The summed E-state index contributed by atoms with van der Waals surface area (Å²) in [6.07, 6.45) is 1.97. The molecule has 20 heavy (non-hydrogen) atoms. The Balaban J connectivity index is 1.92. The number of likely N-dealkylation sites (tertiary alicyclic amines) is 1. The van der Waals surface area contributed by atoms with Gasteiger partial charge in [-0.05, 0) is 32.9 Å². The van der Waals surface area contributed by atoms with Crippen LogP contribution in [0.2, 0.25) is 0 Å². The monoisotopic (exact) mass is 297 g/mol. The molecular formula is C13H19N3O3S. The number of carbonyl (C=O) groups is 2. The lowest BCUT2D eigenvalue weighted by Gasteiger charge is -2.32. The van der Waals surface area contributed by atoms with Gasteiger partial charge in [0.1, 0.15) is 0 Å². The maximum atomic E-state index is 12.2. The number of nitrogens with zero attached hydrogens (tertiary/aromatic N) is 3. The molecule has 6 nitrogen and oxygen atoms in total. The average Bonchev–Trinajstić information content (AvgIpc) is 2.88. The van der Waals surface area contributed by atoms with E-state index in [1.54, 1.807) is 4.90 Å². The fourth-order valence-corrected chi connectivity index (χ4v) is 3.20. The quantitative estimate of drug-likeness (QED) is 0.905. The summed E-state index contributed by atoms with van der Waals surface area (Å²) in [6, 6.07) is 0. The van der Waals surface area contributed by atoms with Crippen LogP contribution in [0.1, 0.15) is 33.1 Å². The first kappa shape index (κ1) is 14.9. The molecule has 1 aromatic heterocycles. The zero-order valence-electron chi connectivity index (χ0n) is 11.7. The van der Waals surface area contributed by atoms with Crippen LogP contribution in [0.15, 0.2) is 5.38 Å². The molecule has 7 heteroatoms. The third-order valence-electron chi connectivity index (χ3n) is 3.43. The van der Waals surface area contributed by atoms with E-state index in [0.717, 1.165) is 43.8 Å². The smallest absolute Gasteiger partial charge is 0.355 e. The van der Waals surface area contributed by atoms with Gasteiger partial charge in [0.05, 0.1) is 0 Å². The SMILES string of the molecule is CN(C)CC1CCN(C(=O)c2nc(C(=O)O)cs2)CC1. The molecule has 1 fully saturated rings. The summed E-state index contributed by atoms with van der Waals surface area (Å²) in [7, 11) is 4.11. The summed E-state index contributed by atoms with van der Waals surface area (Å²) in [6.45, 7) is 2.49. The highest BCUT2D eigenvalue weighted by Crippen LogP contribution is 2.20. The van der Waals surface area contributed by atoms with Crippen molar-refractivity contribution in [3.63, 3.8) is 0 Å². The summed E-state index contributed by atoms with van der Waals surface area (Å²) in [5.74, 6) is -0.615. The number of thiazole rings is 1. The van der Waals surface area contributed by atoms with Crippen molar-refractivity contribution >= 4 is 23.2 Å². The molecule has 1 N–H and O–H groups in total. The Morgan fingerprint density at radius 1 is 1.45 bits per heavy atom. The number of carboxylic acids is 1. The van der Waals surface area contributed by atoms with Crippen LogP contribution in [-0.2, 0) is 0 Å². The molecule has 110 valence electrons. The van der Waals surface area contributed by atoms with E-state index in [0.29, 0.717) is 5.92 Å². The molecular weight excluding hydrogens is 278 g/mol. The van der Waals surface area contributed by atoms with Crippen molar-refractivity contribution in [2.75, 3.05) is 33.7 Å². The maximum absolute atomic E-state index is 12.2. The van der Waals surface area contributed by atoms with Gasteiger partial charge in [0.2, 0.25) is 0 Å². The van der Waals surface area contributed by atoms with Crippen LogP contribution >= 0.6 is 11.3 Å². The number of hydrogen-bond donors (Lipinski definition) is 1. The Morgan fingerprint density at radius 3 is 2.60 bits per heavy atom. The van der Waals surface area contributed by atoms with Crippen molar-refractivity contribution in [3.05, 3.63) is 16.1 Å². The van der Waals surface area contributed by atoms with E-state index in [-0.39, 0.29) is 16.6 Å². The minimum atomic E-state index is -1.09. The molecule has 0 atom stereocenters. The molecule has 0 bridgehead atoms. The third-order valence-corrected chi connectivity index (χ3v) is 4.26. The lowest BCUT2D eigenvalue weighted by Crippen LogP contribution is -2.40. The van der Waals surface area contributed by atoms with Crippen molar-refractivity contribution in [1.29, 1.82) is 0 Å². The Kier molecular flexibility index (Phi) is 4.72. The summed E-state index contributed by atoms with van der Waals surface area (Å²) in [4.78, 5) is 30.8. The molecule has 1 saturated heterocycles. The molecule has 1 amide bonds. The Bertz CT molecular complexity index is 493. The third kappa shape index (κ3) is 3.55. The van der Waals surface area contributed by atoms with Crippen LogP contribution in [0, 0.1) is 5.92 Å². The van der Waals surface area contributed by atoms with Gasteiger partial charge in [0, 0.05) is 25.0 Å². The van der Waals surface area contributed by atoms with E-state index in [4.69, 9.17) is 5.11 Å². The van der Waals surface area contributed by atoms with Crippen LogP contribution in [0.25, 0.3) is 0 Å². The van der Waals surface area contributed by atoms with Gasteiger partial charge in [-0.25, -0.2) is 9.78 Å². The topological polar surface area (TPSA) is 73.7 Å². The van der Waals surface area contributed by atoms with E-state index in [1.165, 1.54) is 5.38 Å². The summed E-state index contributed by atoms with van der Waals surface area (Å²) < 4.78 is 0. The minimum Gasteiger partial charge on any atom is -0.476 e. The Morgan fingerprint density at radius 2 is 2.10 bits per heavy atom. The highest BCUT2D eigenvalue weighted by molar-refractivity contribution is 7.11. The van der Waals surface area contributed by atoms with Crippen LogP contribution in [0.5, 0.6) is 0 Å². The van der Waals surface area contributed by atoms with Crippen LogP contribution in [0.3, 0.4) is 0 Å². The fourth-order valence-electron chi connectivity index (χ4n) is 2.44. The second-order valence-electron chi connectivity index (χ2n) is 5.34. The predicted molar refractivity (Wildman–Crippen MR) is 76.3 cm³/mol. The highest BCUT2D eigenvalue weighted by Gasteiger charge is 2.26. The first-order valence-corrected chi connectivity index (χ1v) is 7.48. The predicted octanol–water partition coefficient (Wildman–Crippen LogP) is 1.26. The zero-order valence-corrected chi connectivity index (χ0v) is 12.5. The van der Waals surface area contributed by atoms with Crippen LogP contribution in [-0.4, -0.2) is 65.5 Å². The molecule has 0 unspecified atom stereocenters. The summed E-state index contributed by atoms with van der Waals surface area (Å²) >= 11 is 1.10.